The van der Waals surface area contributed by atoms with E-state index in [0.29, 0.717) is 35.8 Å². The van der Waals surface area contributed by atoms with Crippen LogP contribution in [0.25, 0.3) is 0 Å². The predicted octanol–water partition coefficient (Wildman–Crippen LogP) is 4.80. The zero-order valence-corrected chi connectivity index (χ0v) is 23.1. The Morgan fingerprint density at radius 2 is 1.59 bits per heavy atom. The molecule has 39 heavy (non-hydrogen) atoms. The number of ether oxygens (including phenoxy) is 3. The van der Waals surface area contributed by atoms with Gasteiger partial charge in [0, 0.05) is 13.1 Å². The van der Waals surface area contributed by atoms with Gasteiger partial charge >= 0.3 is 5.97 Å². The van der Waals surface area contributed by atoms with Gasteiger partial charge in [-0.3, -0.25) is 0 Å². The lowest BCUT2D eigenvalue weighted by Crippen LogP contribution is -2.43. The number of rotatable bonds is 11. The summed E-state index contributed by atoms with van der Waals surface area (Å²) in [6.07, 6.45) is 0.418. The summed E-state index contributed by atoms with van der Waals surface area (Å²) in [6.45, 7) is 7.53. The summed E-state index contributed by atoms with van der Waals surface area (Å²) in [6, 6.07) is 15.6. The Kier molecular flexibility index (Phi) is 9.21. The van der Waals surface area contributed by atoms with Gasteiger partial charge in [0.15, 0.2) is 0 Å². The molecule has 10 heteroatoms. The third kappa shape index (κ3) is 6.58. The Morgan fingerprint density at radius 1 is 0.974 bits per heavy atom. The summed E-state index contributed by atoms with van der Waals surface area (Å²) in [5, 5.41) is 0. The molecule has 0 fully saturated rings. The number of halogens is 1. The van der Waals surface area contributed by atoms with Crippen molar-refractivity contribution in [1.29, 1.82) is 0 Å². The maximum absolute atomic E-state index is 13.7. The number of benzene rings is 3. The first-order chi connectivity index (χ1) is 18.8. The number of nitrogens with zero attached hydrogens (tertiary/aromatic N) is 2. The van der Waals surface area contributed by atoms with Gasteiger partial charge in [-0.15, -0.1) is 0 Å². The van der Waals surface area contributed by atoms with E-state index in [9.17, 15) is 17.6 Å². The molecule has 0 saturated carbocycles. The molecule has 0 radical (unpaired) electrons. The molecule has 208 valence electrons. The molecule has 0 N–H and O–H groups in total. The molecule has 1 heterocycles. The highest BCUT2D eigenvalue weighted by atomic mass is 32.2. The fourth-order valence-electron chi connectivity index (χ4n) is 4.57. The number of hydrogen-bond acceptors (Lipinski definition) is 7. The Balaban J connectivity index is 1.53. The van der Waals surface area contributed by atoms with Crippen LogP contribution in [0.4, 0.5) is 4.39 Å². The summed E-state index contributed by atoms with van der Waals surface area (Å²) in [4.78, 5) is 15.2. The second kappa shape index (κ2) is 12.6. The maximum Gasteiger partial charge on any atom is 0.328 e. The number of fused-ring (bicyclic) bond motifs is 1. The van der Waals surface area contributed by atoms with Crippen LogP contribution >= 0.6 is 0 Å². The second-order valence-corrected chi connectivity index (χ2v) is 10.9. The van der Waals surface area contributed by atoms with Crippen LogP contribution < -0.4 is 9.47 Å². The maximum atomic E-state index is 13.7. The zero-order valence-electron chi connectivity index (χ0n) is 22.3. The summed E-state index contributed by atoms with van der Waals surface area (Å²) in [7, 11) is -2.81. The van der Waals surface area contributed by atoms with Gasteiger partial charge in [0.25, 0.3) is 0 Å². The molecular weight excluding hydrogens is 523 g/mol. The van der Waals surface area contributed by atoms with Crippen molar-refractivity contribution in [3.63, 3.8) is 0 Å². The van der Waals surface area contributed by atoms with E-state index in [2.05, 4.69) is 18.7 Å². The lowest BCUT2D eigenvalue weighted by Gasteiger charge is -2.34. The largest absolute Gasteiger partial charge is 0.492 e. The topological polar surface area (TPSA) is 85.4 Å². The molecule has 0 aromatic heterocycles. The van der Waals surface area contributed by atoms with Gasteiger partial charge in [-0.2, -0.15) is 4.31 Å². The van der Waals surface area contributed by atoms with Gasteiger partial charge in [-0.1, -0.05) is 19.9 Å². The van der Waals surface area contributed by atoms with Crippen LogP contribution in [0.2, 0.25) is 0 Å². The third-order valence-electron chi connectivity index (χ3n) is 6.77. The van der Waals surface area contributed by atoms with E-state index in [1.807, 2.05) is 6.07 Å². The minimum absolute atomic E-state index is 0.0164. The summed E-state index contributed by atoms with van der Waals surface area (Å²) in [5.41, 5.74) is 1.42. The first-order valence-corrected chi connectivity index (χ1v) is 14.3. The molecule has 0 bridgehead atoms. The minimum Gasteiger partial charge on any atom is -0.492 e. The molecule has 8 nitrogen and oxygen atoms in total. The molecule has 0 aliphatic carbocycles. The van der Waals surface area contributed by atoms with Crippen molar-refractivity contribution in [2.24, 2.45) is 0 Å². The zero-order chi connectivity index (χ0) is 28.0. The van der Waals surface area contributed by atoms with Crippen LogP contribution in [-0.4, -0.2) is 63.5 Å². The SMILES string of the molecule is CCN(CC)CCOc1ccc2c(c1)CCN(S(=O)(=O)c1ccc(Oc3ccc(F)cc3)cc1)C2C(=O)OC. The fourth-order valence-corrected chi connectivity index (χ4v) is 6.13. The van der Waals surface area contributed by atoms with E-state index in [4.69, 9.17) is 14.2 Å². The Morgan fingerprint density at radius 3 is 2.21 bits per heavy atom. The average Bonchev–Trinajstić information content (AvgIpc) is 2.95. The first kappa shape index (κ1) is 28.5. The van der Waals surface area contributed by atoms with Crippen molar-refractivity contribution in [3.8, 4) is 17.2 Å². The van der Waals surface area contributed by atoms with Gasteiger partial charge in [-0.05, 0) is 91.3 Å². The summed E-state index contributed by atoms with van der Waals surface area (Å²) < 4.78 is 58.3. The lowest BCUT2D eigenvalue weighted by atomic mass is 9.94. The smallest absolute Gasteiger partial charge is 0.328 e. The van der Waals surface area contributed by atoms with Gasteiger partial charge in [-0.25, -0.2) is 17.6 Å². The first-order valence-electron chi connectivity index (χ1n) is 12.9. The van der Waals surface area contributed by atoms with Crippen molar-refractivity contribution in [2.45, 2.75) is 31.2 Å². The number of likely N-dealkylation sites (N-methyl/N-ethyl adjacent to an activating group) is 1. The highest BCUT2D eigenvalue weighted by Crippen LogP contribution is 2.37. The normalized spacial score (nSPS) is 15.6. The molecule has 4 rings (SSSR count). The fraction of sp³-hybridized carbons (Fsp3) is 0.345. The van der Waals surface area contributed by atoms with Crippen molar-refractivity contribution < 1.29 is 31.8 Å². The summed E-state index contributed by atoms with van der Waals surface area (Å²) in [5.74, 6) is 0.444. The number of sulfonamides is 1. The molecule has 1 aliphatic rings. The molecule has 0 amide bonds. The second-order valence-electron chi connectivity index (χ2n) is 9.05. The van der Waals surface area contributed by atoms with Crippen molar-refractivity contribution in [2.75, 3.05) is 39.9 Å². The molecule has 1 unspecified atom stereocenters. The average molecular weight is 557 g/mol. The number of methoxy groups -OCH3 is 1. The van der Waals surface area contributed by atoms with Crippen molar-refractivity contribution in [1.82, 2.24) is 9.21 Å². The van der Waals surface area contributed by atoms with Crippen molar-refractivity contribution in [3.05, 3.63) is 83.7 Å². The van der Waals surface area contributed by atoms with E-state index < -0.39 is 22.0 Å². The standard InChI is InChI=1S/C29H33FN2O6S/c1-4-31(5-2)18-19-37-25-12-15-27-21(20-25)16-17-32(28(27)29(33)36-3)39(34,35)26-13-10-24(11-14-26)38-23-8-6-22(30)7-9-23/h6-15,20,28H,4-5,16-19H2,1-3H3. The van der Waals surface area contributed by atoms with Crippen LogP contribution in [0.15, 0.2) is 71.6 Å². The monoisotopic (exact) mass is 556 g/mol. The molecule has 3 aromatic rings. The molecule has 0 spiro atoms. The molecule has 1 atom stereocenters. The van der Waals surface area contributed by atoms with E-state index in [1.54, 1.807) is 12.1 Å². The molecule has 3 aromatic carbocycles. The van der Waals surface area contributed by atoms with Gasteiger partial charge < -0.3 is 19.1 Å². The van der Waals surface area contributed by atoms with E-state index in [1.165, 1.54) is 59.9 Å². The highest BCUT2D eigenvalue weighted by molar-refractivity contribution is 7.89. The van der Waals surface area contributed by atoms with E-state index in [0.717, 1.165) is 25.2 Å². The number of carbonyl (C=O) groups is 1. The van der Waals surface area contributed by atoms with Crippen LogP contribution in [0.3, 0.4) is 0 Å². The number of esters is 1. The summed E-state index contributed by atoms with van der Waals surface area (Å²) >= 11 is 0. The number of carbonyl (C=O) groups excluding carboxylic acids is 1. The van der Waals surface area contributed by atoms with Crippen LogP contribution in [0, 0.1) is 5.82 Å². The third-order valence-corrected chi connectivity index (χ3v) is 8.65. The molecular formula is C29H33FN2O6S. The van der Waals surface area contributed by atoms with Crippen LogP contribution in [-0.2, 0) is 26.0 Å². The molecule has 1 aliphatic heterocycles. The Labute approximate surface area is 229 Å². The Hall–Kier alpha value is -3.47. The van der Waals surface area contributed by atoms with Crippen LogP contribution in [0.5, 0.6) is 17.2 Å². The lowest BCUT2D eigenvalue weighted by molar-refractivity contribution is -0.145. The van der Waals surface area contributed by atoms with Crippen molar-refractivity contribution >= 4 is 16.0 Å². The van der Waals surface area contributed by atoms with Gasteiger partial charge in [0.1, 0.15) is 35.7 Å². The van der Waals surface area contributed by atoms with E-state index >= 15 is 0 Å². The number of hydrogen-bond donors (Lipinski definition) is 0. The Bertz CT molecular complexity index is 1380. The quantitative estimate of drug-likeness (QED) is 0.314. The van der Waals surface area contributed by atoms with E-state index in [-0.39, 0.29) is 17.3 Å². The van der Waals surface area contributed by atoms with Gasteiger partial charge in [0.05, 0.1) is 12.0 Å². The van der Waals surface area contributed by atoms with Crippen LogP contribution in [0.1, 0.15) is 31.0 Å². The highest BCUT2D eigenvalue weighted by Gasteiger charge is 2.41. The minimum atomic E-state index is -4.05. The van der Waals surface area contributed by atoms with Gasteiger partial charge in [0.2, 0.25) is 10.0 Å². The molecule has 0 saturated heterocycles. The predicted molar refractivity (Wildman–Crippen MR) is 145 cm³/mol.